The Morgan fingerprint density at radius 2 is 1.89 bits per heavy atom. The maximum absolute atomic E-state index is 5.88. The summed E-state index contributed by atoms with van der Waals surface area (Å²) in [5.41, 5.74) is 6.92. The van der Waals surface area contributed by atoms with E-state index in [1.54, 1.807) is 7.11 Å². The molecule has 1 aromatic rings. The SMILES string of the molecule is COCCOCCCOc1ccccc1[C@@H](C)N. The average Bonchev–Trinajstić information content (AvgIpc) is 2.38. The molecular weight excluding hydrogens is 230 g/mol. The summed E-state index contributed by atoms with van der Waals surface area (Å²) in [5.74, 6) is 0.865. The fraction of sp³-hybridized carbons (Fsp3) is 0.571. The van der Waals surface area contributed by atoms with E-state index in [1.807, 2.05) is 31.2 Å². The lowest BCUT2D eigenvalue weighted by Crippen LogP contribution is -2.10. The molecule has 0 aliphatic carbocycles. The molecule has 18 heavy (non-hydrogen) atoms. The lowest BCUT2D eigenvalue weighted by Gasteiger charge is -2.13. The minimum absolute atomic E-state index is 0.0147. The lowest BCUT2D eigenvalue weighted by molar-refractivity contribution is 0.0644. The number of para-hydroxylation sites is 1. The minimum Gasteiger partial charge on any atom is -0.493 e. The van der Waals surface area contributed by atoms with Crippen LogP contribution < -0.4 is 10.5 Å². The highest BCUT2D eigenvalue weighted by atomic mass is 16.5. The molecule has 0 aliphatic rings. The zero-order valence-electron chi connectivity index (χ0n) is 11.2. The maximum atomic E-state index is 5.88. The smallest absolute Gasteiger partial charge is 0.124 e. The number of benzene rings is 1. The second-order valence-corrected chi connectivity index (χ2v) is 4.13. The van der Waals surface area contributed by atoms with Crippen LogP contribution >= 0.6 is 0 Å². The molecule has 102 valence electrons. The van der Waals surface area contributed by atoms with Gasteiger partial charge in [0.05, 0.1) is 19.8 Å². The molecule has 0 fully saturated rings. The maximum Gasteiger partial charge on any atom is 0.124 e. The van der Waals surface area contributed by atoms with Crippen molar-refractivity contribution in [1.82, 2.24) is 0 Å². The summed E-state index contributed by atoms with van der Waals surface area (Å²) in [6, 6.07) is 7.86. The Kier molecular flexibility index (Phi) is 7.41. The van der Waals surface area contributed by atoms with Gasteiger partial charge in [0, 0.05) is 31.7 Å². The van der Waals surface area contributed by atoms with Gasteiger partial charge in [-0.05, 0) is 13.0 Å². The molecule has 0 bridgehead atoms. The van der Waals surface area contributed by atoms with E-state index in [-0.39, 0.29) is 6.04 Å². The zero-order chi connectivity index (χ0) is 13.2. The summed E-state index contributed by atoms with van der Waals surface area (Å²) in [7, 11) is 1.66. The van der Waals surface area contributed by atoms with Crippen molar-refractivity contribution in [3.63, 3.8) is 0 Å². The molecule has 0 aromatic heterocycles. The first-order valence-corrected chi connectivity index (χ1v) is 6.29. The molecule has 1 rings (SSSR count). The quantitative estimate of drug-likeness (QED) is 0.685. The van der Waals surface area contributed by atoms with Gasteiger partial charge in [-0.1, -0.05) is 18.2 Å². The molecule has 1 atom stereocenters. The van der Waals surface area contributed by atoms with E-state index in [0.717, 1.165) is 17.7 Å². The van der Waals surface area contributed by atoms with Gasteiger partial charge in [0.2, 0.25) is 0 Å². The van der Waals surface area contributed by atoms with Crippen LogP contribution in [0.25, 0.3) is 0 Å². The lowest BCUT2D eigenvalue weighted by atomic mass is 10.1. The molecule has 0 heterocycles. The van der Waals surface area contributed by atoms with Crippen molar-refractivity contribution in [1.29, 1.82) is 0 Å². The van der Waals surface area contributed by atoms with Crippen LogP contribution in [-0.4, -0.2) is 33.5 Å². The van der Waals surface area contributed by atoms with E-state index in [0.29, 0.717) is 26.4 Å². The molecule has 0 saturated heterocycles. The molecule has 2 N–H and O–H groups in total. The van der Waals surface area contributed by atoms with Gasteiger partial charge in [-0.3, -0.25) is 0 Å². The Balaban J connectivity index is 2.23. The third-order valence-electron chi connectivity index (χ3n) is 2.53. The monoisotopic (exact) mass is 253 g/mol. The van der Waals surface area contributed by atoms with Gasteiger partial charge < -0.3 is 19.9 Å². The Labute approximate surface area is 109 Å². The number of hydrogen-bond acceptors (Lipinski definition) is 4. The van der Waals surface area contributed by atoms with Crippen molar-refractivity contribution in [2.24, 2.45) is 5.73 Å². The Morgan fingerprint density at radius 3 is 2.61 bits per heavy atom. The van der Waals surface area contributed by atoms with Gasteiger partial charge in [-0.25, -0.2) is 0 Å². The van der Waals surface area contributed by atoms with Crippen LogP contribution in [0, 0.1) is 0 Å². The number of ether oxygens (including phenoxy) is 3. The van der Waals surface area contributed by atoms with Crippen LogP contribution in [0.5, 0.6) is 5.75 Å². The minimum atomic E-state index is -0.0147. The zero-order valence-corrected chi connectivity index (χ0v) is 11.2. The van der Waals surface area contributed by atoms with Crippen molar-refractivity contribution in [2.75, 3.05) is 33.5 Å². The summed E-state index contributed by atoms with van der Waals surface area (Å²) in [6.45, 7) is 4.54. The van der Waals surface area contributed by atoms with E-state index in [9.17, 15) is 0 Å². The first kappa shape index (κ1) is 15.0. The van der Waals surface area contributed by atoms with Crippen LogP contribution in [-0.2, 0) is 9.47 Å². The summed E-state index contributed by atoms with van der Waals surface area (Å²) in [4.78, 5) is 0. The van der Waals surface area contributed by atoms with E-state index >= 15 is 0 Å². The summed E-state index contributed by atoms with van der Waals surface area (Å²) < 4.78 is 16.0. The van der Waals surface area contributed by atoms with E-state index in [4.69, 9.17) is 19.9 Å². The summed E-state index contributed by atoms with van der Waals surface area (Å²) in [5, 5.41) is 0. The van der Waals surface area contributed by atoms with Gasteiger partial charge in [-0.15, -0.1) is 0 Å². The van der Waals surface area contributed by atoms with Crippen molar-refractivity contribution in [2.45, 2.75) is 19.4 Å². The van der Waals surface area contributed by atoms with Gasteiger partial charge in [0.15, 0.2) is 0 Å². The number of hydrogen-bond donors (Lipinski definition) is 1. The molecule has 0 unspecified atom stereocenters. The van der Waals surface area contributed by atoms with Gasteiger partial charge in [0.1, 0.15) is 5.75 Å². The van der Waals surface area contributed by atoms with Crippen LogP contribution in [0.4, 0.5) is 0 Å². The average molecular weight is 253 g/mol. The molecule has 0 radical (unpaired) electrons. The van der Waals surface area contributed by atoms with Gasteiger partial charge in [-0.2, -0.15) is 0 Å². The fourth-order valence-electron chi connectivity index (χ4n) is 1.58. The first-order valence-electron chi connectivity index (χ1n) is 6.29. The standard InChI is InChI=1S/C14H23NO3/c1-12(15)13-6-3-4-7-14(13)18-9-5-8-17-11-10-16-2/h3-4,6-7,12H,5,8-11,15H2,1-2H3/t12-/m1/s1. The van der Waals surface area contributed by atoms with Crippen LogP contribution in [0.15, 0.2) is 24.3 Å². The number of rotatable bonds is 9. The molecule has 0 spiro atoms. The van der Waals surface area contributed by atoms with E-state index in [2.05, 4.69) is 0 Å². The largest absolute Gasteiger partial charge is 0.493 e. The topological polar surface area (TPSA) is 53.7 Å². The molecule has 4 heteroatoms. The third-order valence-corrected chi connectivity index (χ3v) is 2.53. The molecule has 0 saturated carbocycles. The normalized spacial score (nSPS) is 12.4. The highest BCUT2D eigenvalue weighted by Crippen LogP contribution is 2.23. The van der Waals surface area contributed by atoms with Crippen molar-refractivity contribution in [3.05, 3.63) is 29.8 Å². The van der Waals surface area contributed by atoms with Crippen molar-refractivity contribution < 1.29 is 14.2 Å². The first-order chi connectivity index (χ1) is 8.75. The fourth-order valence-corrected chi connectivity index (χ4v) is 1.58. The Hall–Kier alpha value is -1.10. The van der Waals surface area contributed by atoms with Gasteiger partial charge >= 0.3 is 0 Å². The van der Waals surface area contributed by atoms with Crippen LogP contribution in [0.2, 0.25) is 0 Å². The highest BCUT2D eigenvalue weighted by molar-refractivity contribution is 5.35. The predicted molar refractivity (Wildman–Crippen MR) is 71.9 cm³/mol. The van der Waals surface area contributed by atoms with Crippen molar-refractivity contribution in [3.8, 4) is 5.75 Å². The molecule has 4 nitrogen and oxygen atoms in total. The molecule has 0 aliphatic heterocycles. The highest BCUT2D eigenvalue weighted by Gasteiger charge is 2.06. The van der Waals surface area contributed by atoms with Gasteiger partial charge in [0.25, 0.3) is 0 Å². The third kappa shape index (κ3) is 5.49. The second kappa shape index (κ2) is 8.91. The van der Waals surface area contributed by atoms with E-state index in [1.165, 1.54) is 0 Å². The summed E-state index contributed by atoms with van der Waals surface area (Å²) in [6.07, 6.45) is 0.858. The van der Waals surface area contributed by atoms with Crippen LogP contribution in [0.3, 0.4) is 0 Å². The molecule has 0 amide bonds. The van der Waals surface area contributed by atoms with E-state index < -0.39 is 0 Å². The molecular formula is C14H23NO3. The Bertz CT molecular complexity index is 329. The predicted octanol–water partition coefficient (Wildman–Crippen LogP) is 2.14. The molecule has 1 aromatic carbocycles. The Morgan fingerprint density at radius 1 is 1.11 bits per heavy atom. The van der Waals surface area contributed by atoms with Crippen molar-refractivity contribution >= 4 is 0 Å². The summed E-state index contributed by atoms with van der Waals surface area (Å²) >= 11 is 0. The van der Waals surface area contributed by atoms with Crippen LogP contribution in [0.1, 0.15) is 24.9 Å². The second-order valence-electron chi connectivity index (χ2n) is 4.13. The number of methoxy groups -OCH3 is 1. The number of nitrogens with two attached hydrogens (primary N) is 1.